The highest BCUT2D eigenvalue weighted by Gasteiger charge is 2.20. The van der Waals surface area contributed by atoms with E-state index < -0.39 is 0 Å². The van der Waals surface area contributed by atoms with Gasteiger partial charge in [0.15, 0.2) is 5.96 Å². The lowest BCUT2D eigenvalue weighted by Crippen LogP contribution is -2.39. The highest BCUT2D eigenvalue weighted by molar-refractivity contribution is 14.0. The van der Waals surface area contributed by atoms with Gasteiger partial charge in [-0.3, -0.25) is 4.99 Å². The van der Waals surface area contributed by atoms with Crippen molar-refractivity contribution in [1.29, 1.82) is 0 Å². The molecule has 0 bridgehead atoms. The van der Waals surface area contributed by atoms with E-state index in [-0.39, 0.29) is 24.0 Å². The van der Waals surface area contributed by atoms with Gasteiger partial charge in [-0.25, -0.2) is 0 Å². The molecule has 0 amide bonds. The summed E-state index contributed by atoms with van der Waals surface area (Å²) in [7, 11) is 1.68. The maximum Gasteiger partial charge on any atom is 0.191 e. The summed E-state index contributed by atoms with van der Waals surface area (Å²) in [6.07, 6.45) is 3.63. The lowest BCUT2D eigenvalue weighted by molar-refractivity contribution is 0.123. The van der Waals surface area contributed by atoms with Crippen molar-refractivity contribution in [2.45, 2.75) is 32.8 Å². The molecule has 1 aliphatic rings. The van der Waals surface area contributed by atoms with Gasteiger partial charge in [0.2, 0.25) is 0 Å². The molecule has 1 aromatic rings. The molecule has 0 aromatic heterocycles. The van der Waals surface area contributed by atoms with Gasteiger partial charge in [-0.15, -0.1) is 24.0 Å². The number of hydrogen-bond donors (Lipinski definition) is 2. The zero-order valence-corrected chi connectivity index (χ0v) is 18.9. The number of para-hydroxylation sites is 1. The van der Waals surface area contributed by atoms with Crippen LogP contribution in [-0.2, 0) is 16.1 Å². The smallest absolute Gasteiger partial charge is 0.191 e. The second-order valence-corrected chi connectivity index (χ2v) is 6.42. The molecule has 0 atom stereocenters. The van der Waals surface area contributed by atoms with Crippen molar-refractivity contribution < 1.29 is 14.2 Å². The van der Waals surface area contributed by atoms with Crippen LogP contribution >= 0.6 is 24.0 Å². The molecular formula is C20H34IN3O3. The highest BCUT2D eigenvalue weighted by Crippen LogP contribution is 2.28. The predicted octanol–water partition coefficient (Wildman–Crippen LogP) is 3.20. The van der Waals surface area contributed by atoms with Crippen molar-refractivity contribution in [1.82, 2.24) is 10.6 Å². The standard InChI is InChI=1S/C20H33N3O3.HI/c1-3-21-20(22-11-6-13-25-15-17-9-10-17)23-12-14-26-16-18-7-4-5-8-19(18)24-2;/h4-5,7-8,17H,3,6,9-16H2,1-2H3,(H2,21,22,23);1H. The summed E-state index contributed by atoms with van der Waals surface area (Å²) in [5, 5.41) is 6.55. The second-order valence-electron chi connectivity index (χ2n) is 6.42. The number of nitrogens with zero attached hydrogens (tertiary/aromatic N) is 1. The van der Waals surface area contributed by atoms with Crippen LogP contribution in [0.25, 0.3) is 0 Å². The number of benzene rings is 1. The summed E-state index contributed by atoms with van der Waals surface area (Å²) in [6, 6.07) is 7.91. The van der Waals surface area contributed by atoms with Crippen LogP contribution in [0.3, 0.4) is 0 Å². The average molecular weight is 491 g/mol. The van der Waals surface area contributed by atoms with E-state index in [1.807, 2.05) is 24.3 Å². The largest absolute Gasteiger partial charge is 0.496 e. The van der Waals surface area contributed by atoms with Gasteiger partial charge in [-0.2, -0.15) is 0 Å². The fourth-order valence-corrected chi connectivity index (χ4v) is 2.48. The lowest BCUT2D eigenvalue weighted by Gasteiger charge is -2.12. The van der Waals surface area contributed by atoms with Crippen LogP contribution in [0.5, 0.6) is 5.75 Å². The molecule has 0 radical (unpaired) electrons. The van der Waals surface area contributed by atoms with Crippen LogP contribution in [-0.4, -0.2) is 52.5 Å². The van der Waals surface area contributed by atoms with Crippen LogP contribution in [0.2, 0.25) is 0 Å². The van der Waals surface area contributed by atoms with Crippen molar-refractivity contribution in [3.63, 3.8) is 0 Å². The molecule has 1 saturated carbocycles. The molecule has 6 nitrogen and oxygen atoms in total. The highest BCUT2D eigenvalue weighted by atomic mass is 127. The van der Waals surface area contributed by atoms with E-state index in [2.05, 4.69) is 22.5 Å². The SMILES string of the molecule is CCNC(=NCCCOCC1CC1)NCCOCc1ccccc1OC.I. The number of guanidine groups is 1. The molecule has 0 aliphatic heterocycles. The Kier molecular flexibility index (Phi) is 13.3. The summed E-state index contributed by atoms with van der Waals surface area (Å²) in [5.74, 6) is 2.52. The molecular weight excluding hydrogens is 457 g/mol. The first-order valence-corrected chi connectivity index (χ1v) is 9.63. The Morgan fingerprint density at radius 3 is 2.70 bits per heavy atom. The zero-order chi connectivity index (χ0) is 18.5. The number of hydrogen-bond acceptors (Lipinski definition) is 4. The molecule has 0 spiro atoms. The molecule has 1 aromatic carbocycles. The Morgan fingerprint density at radius 2 is 1.96 bits per heavy atom. The molecule has 0 heterocycles. The van der Waals surface area contributed by atoms with Gasteiger partial charge < -0.3 is 24.8 Å². The predicted molar refractivity (Wildman–Crippen MR) is 120 cm³/mol. The molecule has 154 valence electrons. The maximum absolute atomic E-state index is 5.73. The van der Waals surface area contributed by atoms with Gasteiger partial charge in [0.05, 0.1) is 20.3 Å². The Labute approximate surface area is 180 Å². The van der Waals surface area contributed by atoms with E-state index in [0.29, 0.717) is 19.8 Å². The summed E-state index contributed by atoms with van der Waals surface area (Å²) >= 11 is 0. The summed E-state index contributed by atoms with van der Waals surface area (Å²) in [4.78, 5) is 4.57. The molecule has 27 heavy (non-hydrogen) atoms. The van der Waals surface area contributed by atoms with Crippen molar-refractivity contribution in [2.75, 3.05) is 46.6 Å². The number of ether oxygens (including phenoxy) is 3. The number of aliphatic imine (C=N–C) groups is 1. The first-order chi connectivity index (χ1) is 12.8. The maximum atomic E-state index is 5.73. The first kappa shape index (κ1) is 24.0. The van der Waals surface area contributed by atoms with Gasteiger partial charge in [0.1, 0.15) is 5.75 Å². The van der Waals surface area contributed by atoms with Crippen molar-refractivity contribution in [2.24, 2.45) is 10.9 Å². The molecule has 1 fully saturated rings. The zero-order valence-electron chi connectivity index (χ0n) is 16.5. The van der Waals surface area contributed by atoms with E-state index in [4.69, 9.17) is 14.2 Å². The Balaban J connectivity index is 0.00000364. The summed E-state index contributed by atoms with van der Waals surface area (Å²) in [5.41, 5.74) is 1.06. The van der Waals surface area contributed by atoms with Gasteiger partial charge >= 0.3 is 0 Å². The second kappa shape index (κ2) is 14.9. The first-order valence-electron chi connectivity index (χ1n) is 9.63. The minimum atomic E-state index is 0. The molecule has 0 unspecified atom stereocenters. The Morgan fingerprint density at radius 1 is 1.15 bits per heavy atom. The third kappa shape index (κ3) is 10.8. The van der Waals surface area contributed by atoms with Crippen molar-refractivity contribution in [3.05, 3.63) is 29.8 Å². The fourth-order valence-electron chi connectivity index (χ4n) is 2.48. The van der Waals surface area contributed by atoms with E-state index in [1.54, 1.807) is 7.11 Å². The average Bonchev–Trinajstić information content (AvgIpc) is 3.48. The van der Waals surface area contributed by atoms with E-state index in [1.165, 1.54) is 12.8 Å². The number of halogens is 1. The molecule has 2 rings (SSSR count). The quantitative estimate of drug-likeness (QED) is 0.192. The van der Waals surface area contributed by atoms with Crippen LogP contribution < -0.4 is 15.4 Å². The third-order valence-corrected chi connectivity index (χ3v) is 4.10. The van der Waals surface area contributed by atoms with Crippen LogP contribution in [0.4, 0.5) is 0 Å². The van der Waals surface area contributed by atoms with Gasteiger partial charge in [-0.05, 0) is 38.2 Å². The number of nitrogens with one attached hydrogen (secondary N) is 2. The van der Waals surface area contributed by atoms with Crippen LogP contribution in [0.15, 0.2) is 29.3 Å². The van der Waals surface area contributed by atoms with Crippen LogP contribution in [0, 0.1) is 5.92 Å². The minimum Gasteiger partial charge on any atom is -0.496 e. The topological polar surface area (TPSA) is 64.1 Å². The molecule has 0 saturated heterocycles. The third-order valence-electron chi connectivity index (χ3n) is 4.10. The normalized spacial score (nSPS) is 13.8. The number of rotatable bonds is 13. The Bertz CT molecular complexity index is 539. The summed E-state index contributed by atoms with van der Waals surface area (Å²) < 4.78 is 16.7. The van der Waals surface area contributed by atoms with E-state index >= 15 is 0 Å². The molecule has 1 aliphatic carbocycles. The molecule has 2 N–H and O–H groups in total. The van der Waals surface area contributed by atoms with Gasteiger partial charge in [-0.1, -0.05) is 18.2 Å². The molecule has 7 heteroatoms. The van der Waals surface area contributed by atoms with E-state index in [9.17, 15) is 0 Å². The van der Waals surface area contributed by atoms with Crippen LogP contribution in [0.1, 0.15) is 31.7 Å². The fraction of sp³-hybridized carbons (Fsp3) is 0.650. The lowest BCUT2D eigenvalue weighted by atomic mass is 10.2. The van der Waals surface area contributed by atoms with E-state index in [0.717, 1.165) is 55.9 Å². The van der Waals surface area contributed by atoms with Crippen molar-refractivity contribution >= 4 is 29.9 Å². The van der Waals surface area contributed by atoms with Gasteiger partial charge in [0.25, 0.3) is 0 Å². The van der Waals surface area contributed by atoms with Gasteiger partial charge in [0, 0.05) is 38.4 Å². The minimum absolute atomic E-state index is 0. The monoisotopic (exact) mass is 491 g/mol. The van der Waals surface area contributed by atoms with Crippen molar-refractivity contribution in [3.8, 4) is 5.75 Å². The Hall–Kier alpha value is -1.06. The summed E-state index contributed by atoms with van der Waals surface area (Å²) in [6.45, 7) is 7.24. The number of methoxy groups -OCH3 is 1.